The fourth-order valence-electron chi connectivity index (χ4n) is 1.98. The summed E-state index contributed by atoms with van der Waals surface area (Å²) in [5.41, 5.74) is 7.10. The third-order valence-electron chi connectivity index (χ3n) is 2.96. The fourth-order valence-corrected chi connectivity index (χ4v) is 3.05. The summed E-state index contributed by atoms with van der Waals surface area (Å²) in [7, 11) is 4.77. The van der Waals surface area contributed by atoms with Crippen molar-refractivity contribution >= 4 is 22.9 Å². The standard InChI is InChI=1S/C14H16ClNO3S/c1-17-8-6-9(18-2)13(10(7-8)19-3)14(16)11-4-5-12(15)20-11/h4-7,14H,16H2,1-3H3. The van der Waals surface area contributed by atoms with Crippen LogP contribution < -0.4 is 19.9 Å². The number of thiophene rings is 1. The molecule has 1 atom stereocenters. The maximum absolute atomic E-state index is 6.32. The highest BCUT2D eigenvalue weighted by Crippen LogP contribution is 2.41. The SMILES string of the molecule is COc1cc(OC)c(C(N)c2ccc(Cl)s2)c(OC)c1. The van der Waals surface area contributed by atoms with E-state index in [0.29, 0.717) is 21.6 Å². The summed E-state index contributed by atoms with van der Waals surface area (Å²) in [6.07, 6.45) is 0. The molecule has 1 aromatic carbocycles. The predicted molar refractivity (Wildman–Crippen MR) is 81.5 cm³/mol. The molecule has 0 saturated carbocycles. The summed E-state index contributed by atoms with van der Waals surface area (Å²) < 4.78 is 16.7. The van der Waals surface area contributed by atoms with Gasteiger partial charge in [-0.05, 0) is 12.1 Å². The van der Waals surface area contributed by atoms with Gasteiger partial charge in [-0.25, -0.2) is 0 Å². The number of ether oxygens (including phenoxy) is 3. The summed E-state index contributed by atoms with van der Waals surface area (Å²) in [5.74, 6) is 1.90. The molecule has 2 N–H and O–H groups in total. The van der Waals surface area contributed by atoms with Gasteiger partial charge in [0.15, 0.2) is 0 Å². The monoisotopic (exact) mass is 313 g/mol. The van der Waals surface area contributed by atoms with Crippen LogP contribution in [-0.2, 0) is 0 Å². The van der Waals surface area contributed by atoms with Gasteiger partial charge in [0.1, 0.15) is 17.2 Å². The molecule has 0 aliphatic carbocycles. The fraction of sp³-hybridized carbons (Fsp3) is 0.286. The summed E-state index contributed by atoms with van der Waals surface area (Å²) in [4.78, 5) is 0.941. The molecule has 1 unspecified atom stereocenters. The lowest BCUT2D eigenvalue weighted by Crippen LogP contribution is -2.13. The third kappa shape index (κ3) is 2.85. The first-order chi connectivity index (χ1) is 9.60. The van der Waals surface area contributed by atoms with Gasteiger partial charge in [-0.2, -0.15) is 0 Å². The van der Waals surface area contributed by atoms with E-state index in [-0.39, 0.29) is 6.04 Å². The van der Waals surface area contributed by atoms with Gasteiger partial charge in [0, 0.05) is 17.0 Å². The zero-order chi connectivity index (χ0) is 14.7. The molecule has 0 saturated heterocycles. The van der Waals surface area contributed by atoms with E-state index in [0.717, 1.165) is 10.4 Å². The Balaban J connectivity index is 2.53. The molecular weight excluding hydrogens is 298 g/mol. The predicted octanol–water partition coefficient (Wildman–Crippen LogP) is 3.48. The van der Waals surface area contributed by atoms with Crippen LogP contribution in [0.4, 0.5) is 0 Å². The van der Waals surface area contributed by atoms with E-state index < -0.39 is 0 Å². The van der Waals surface area contributed by atoms with Crippen LogP contribution >= 0.6 is 22.9 Å². The van der Waals surface area contributed by atoms with Crippen LogP contribution in [0.25, 0.3) is 0 Å². The van der Waals surface area contributed by atoms with E-state index in [2.05, 4.69) is 0 Å². The second-order valence-corrected chi connectivity index (χ2v) is 5.81. The van der Waals surface area contributed by atoms with Crippen molar-refractivity contribution < 1.29 is 14.2 Å². The number of methoxy groups -OCH3 is 3. The Kier molecular flexibility index (Phi) is 4.75. The molecule has 2 rings (SSSR count). The second kappa shape index (κ2) is 6.35. The van der Waals surface area contributed by atoms with Gasteiger partial charge in [-0.1, -0.05) is 11.6 Å². The van der Waals surface area contributed by atoms with Crippen LogP contribution in [-0.4, -0.2) is 21.3 Å². The van der Waals surface area contributed by atoms with Crippen molar-refractivity contribution in [3.8, 4) is 17.2 Å². The van der Waals surface area contributed by atoms with Crippen molar-refractivity contribution in [2.75, 3.05) is 21.3 Å². The highest BCUT2D eigenvalue weighted by molar-refractivity contribution is 7.16. The van der Waals surface area contributed by atoms with Crippen molar-refractivity contribution in [1.82, 2.24) is 0 Å². The lowest BCUT2D eigenvalue weighted by Gasteiger charge is -2.19. The van der Waals surface area contributed by atoms with Crippen molar-refractivity contribution in [2.45, 2.75) is 6.04 Å². The largest absolute Gasteiger partial charge is 0.496 e. The molecule has 1 aromatic heterocycles. The summed E-state index contributed by atoms with van der Waals surface area (Å²) >= 11 is 7.40. The minimum atomic E-state index is -0.372. The van der Waals surface area contributed by atoms with Gasteiger partial charge < -0.3 is 19.9 Å². The summed E-state index contributed by atoms with van der Waals surface area (Å²) in [6, 6.07) is 6.92. The molecule has 0 fully saturated rings. The molecule has 0 radical (unpaired) electrons. The van der Waals surface area contributed by atoms with Crippen LogP contribution in [0.5, 0.6) is 17.2 Å². The number of benzene rings is 1. The molecule has 1 heterocycles. The molecule has 0 amide bonds. The van der Waals surface area contributed by atoms with Crippen LogP contribution in [0.15, 0.2) is 24.3 Å². The van der Waals surface area contributed by atoms with E-state index in [1.54, 1.807) is 33.5 Å². The summed E-state index contributed by atoms with van der Waals surface area (Å²) in [6.45, 7) is 0. The Morgan fingerprint density at radius 1 is 1.05 bits per heavy atom. The average molecular weight is 314 g/mol. The number of halogens is 1. The smallest absolute Gasteiger partial charge is 0.131 e. The Hall–Kier alpha value is -1.43. The van der Waals surface area contributed by atoms with E-state index in [1.165, 1.54) is 11.3 Å². The normalized spacial score (nSPS) is 12.1. The molecule has 0 aliphatic heterocycles. The Morgan fingerprint density at radius 3 is 2.05 bits per heavy atom. The van der Waals surface area contributed by atoms with Crippen molar-refractivity contribution in [1.29, 1.82) is 0 Å². The highest BCUT2D eigenvalue weighted by Gasteiger charge is 2.22. The number of hydrogen-bond donors (Lipinski definition) is 1. The first kappa shape index (κ1) is 15.0. The van der Waals surface area contributed by atoms with E-state index in [9.17, 15) is 0 Å². The average Bonchev–Trinajstić information content (AvgIpc) is 2.91. The Bertz CT molecular complexity index is 575. The molecule has 2 aromatic rings. The molecule has 108 valence electrons. The molecule has 6 heteroatoms. The number of hydrogen-bond acceptors (Lipinski definition) is 5. The second-order valence-electron chi connectivity index (χ2n) is 4.07. The third-order valence-corrected chi connectivity index (χ3v) is 4.28. The van der Waals surface area contributed by atoms with E-state index in [1.807, 2.05) is 12.1 Å². The zero-order valence-electron chi connectivity index (χ0n) is 11.5. The molecule has 20 heavy (non-hydrogen) atoms. The molecular formula is C14H16ClNO3S. The first-order valence-electron chi connectivity index (χ1n) is 5.91. The quantitative estimate of drug-likeness (QED) is 0.918. The van der Waals surface area contributed by atoms with Gasteiger partial charge >= 0.3 is 0 Å². The van der Waals surface area contributed by atoms with E-state index in [4.69, 9.17) is 31.5 Å². The zero-order valence-corrected chi connectivity index (χ0v) is 13.0. The maximum Gasteiger partial charge on any atom is 0.131 e. The molecule has 0 spiro atoms. The lowest BCUT2D eigenvalue weighted by molar-refractivity contribution is 0.367. The van der Waals surface area contributed by atoms with Gasteiger partial charge in [0.2, 0.25) is 0 Å². The van der Waals surface area contributed by atoms with Crippen molar-refractivity contribution in [3.05, 3.63) is 39.0 Å². The van der Waals surface area contributed by atoms with Crippen LogP contribution in [0.3, 0.4) is 0 Å². The minimum absolute atomic E-state index is 0.372. The van der Waals surface area contributed by atoms with Gasteiger partial charge in [0.25, 0.3) is 0 Å². The maximum atomic E-state index is 6.32. The topological polar surface area (TPSA) is 53.7 Å². The number of rotatable bonds is 5. The Labute approximate surface area is 127 Å². The molecule has 0 bridgehead atoms. The minimum Gasteiger partial charge on any atom is -0.496 e. The molecule has 0 aliphatic rings. The van der Waals surface area contributed by atoms with Gasteiger partial charge in [-0.3, -0.25) is 0 Å². The highest BCUT2D eigenvalue weighted by atomic mass is 35.5. The lowest BCUT2D eigenvalue weighted by atomic mass is 10.0. The van der Waals surface area contributed by atoms with E-state index >= 15 is 0 Å². The molecule has 4 nitrogen and oxygen atoms in total. The van der Waals surface area contributed by atoms with Gasteiger partial charge in [0.05, 0.1) is 37.3 Å². The first-order valence-corrected chi connectivity index (χ1v) is 7.10. The van der Waals surface area contributed by atoms with Gasteiger partial charge in [-0.15, -0.1) is 11.3 Å². The van der Waals surface area contributed by atoms with Crippen LogP contribution in [0.1, 0.15) is 16.5 Å². The summed E-state index contributed by atoms with van der Waals surface area (Å²) in [5, 5.41) is 0. The van der Waals surface area contributed by atoms with Crippen molar-refractivity contribution in [2.24, 2.45) is 5.73 Å². The number of nitrogens with two attached hydrogens (primary N) is 1. The van der Waals surface area contributed by atoms with Crippen molar-refractivity contribution in [3.63, 3.8) is 0 Å². The Morgan fingerprint density at radius 2 is 1.65 bits per heavy atom. The van der Waals surface area contributed by atoms with Crippen LogP contribution in [0.2, 0.25) is 4.34 Å². The van der Waals surface area contributed by atoms with Crippen LogP contribution in [0, 0.1) is 0 Å².